The van der Waals surface area contributed by atoms with Crippen LogP contribution in [0.4, 0.5) is 0 Å². The van der Waals surface area contributed by atoms with Crippen LogP contribution in [0.3, 0.4) is 0 Å². The first-order chi connectivity index (χ1) is 7.68. The van der Waals surface area contributed by atoms with Crippen LogP contribution in [0.1, 0.15) is 61.8 Å². The fraction of sp³-hybridized carbons (Fsp3) is 0.769. The van der Waals surface area contributed by atoms with Gasteiger partial charge in [-0.2, -0.15) is 0 Å². The summed E-state index contributed by atoms with van der Waals surface area (Å²) < 4.78 is 0. The Morgan fingerprint density at radius 2 is 2.06 bits per heavy atom. The van der Waals surface area contributed by atoms with Crippen molar-refractivity contribution in [3.05, 3.63) is 16.1 Å². The molecule has 0 amide bonds. The number of hydrogen-bond acceptors (Lipinski definition) is 3. The van der Waals surface area contributed by atoms with Gasteiger partial charge in [-0.1, -0.05) is 33.1 Å². The number of aromatic nitrogens is 1. The summed E-state index contributed by atoms with van der Waals surface area (Å²) in [5.41, 5.74) is 6.29. The van der Waals surface area contributed by atoms with E-state index in [0.29, 0.717) is 5.92 Å². The van der Waals surface area contributed by atoms with Gasteiger partial charge < -0.3 is 5.73 Å². The van der Waals surface area contributed by atoms with Crippen molar-refractivity contribution in [1.82, 2.24) is 4.98 Å². The minimum absolute atomic E-state index is 0.253. The predicted octanol–water partition coefficient (Wildman–Crippen LogP) is 3.43. The summed E-state index contributed by atoms with van der Waals surface area (Å²) in [5, 5.41) is 1.26. The van der Waals surface area contributed by atoms with Crippen molar-refractivity contribution >= 4 is 11.3 Å². The lowest BCUT2D eigenvalue weighted by molar-refractivity contribution is 0.305. The molecule has 1 heterocycles. The highest BCUT2D eigenvalue weighted by Gasteiger charge is 2.34. The molecular formula is C13H22N2S. The standard InChI is InChI=1S/C13H22N2S/c1-10(2)12-15-8-11(16-12)13(9-14)6-4-3-5-7-13/h8,10H,3-7,9,14H2,1-2H3. The van der Waals surface area contributed by atoms with Gasteiger partial charge in [0.05, 0.1) is 5.01 Å². The van der Waals surface area contributed by atoms with Gasteiger partial charge in [-0.25, -0.2) is 4.98 Å². The first-order valence-corrected chi connectivity index (χ1v) is 7.16. The fourth-order valence-electron chi connectivity index (χ4n) is 2.58. The molecule has 2 rings (SSSR count). The van der Waals surface area contributed by atoms with Gasteiger partial charge in [-0.3, -0.25) is 0 Å². The second-order valence-electron chi connectivity index (χ2n) is 5.26. The van der Waals surface area contributed by atoms with Crippen LogP contribution in [0.15, 0.2) is 6.20 Å². The summed E-state index contributed by atoms with van der Waals surface area (Å²) in [6.07, 6.45) is 8.61. The molecule has 1 aromatic rings. The molecule has 0 radical (unpaired) electrons. The average Bonchev–Trinajstić information content (AvgIpc) is 2.80. The first-order valence-electron chi connectivity index (χ1n) is 6.34. The van der Waals surface area contributed by atoms with Crippen LogP contribution in [-0.2, 0) is 5.41 Å². The van der Waals surface area contributed by atoms with E-state index in [-0.39, 0.29) is 5.41 Å². The summed E-state index contributed by atoms with van der Waals surface area (Å²) in [4.78, 5) is 5.98. The normalized spacial score (nSPS) is 20.2. The predicted molar refractivity (Wildman–Crippen MR) is 70.0 cm³/mol. The third-order valence-electron chi connectivity index (χ3n) is 3.74. The molecule has 0 atom stereocenters. The van der Waals surface area contributed by atoms with Crippen molar-refractivity contribution in [3.8, 4) is 0 Å². The Kier molecular flexibility index (Phi) is 3.65. The molecule has 2 N–H and O–H groups in total. The second kappa shape index (κ2) is 4.84. The minimum atomic E-state index is 0.253. The van der Waals surface area contributed by atoms with Gasteiger partial charge in [0, 0.05) is 29.0 Å². The van der Waals surface area contributed by atoms with E-state index >= 15 is 0 Å². The molecule has 1 aliphatic rings. The van der Waals surface area contributed by atoms with Gasteiger partial charge in [0.1, 0.15) is 0 Å². The number of rotatable bonds is 3. The van der Waals surface area contributed by atoms with Gasteiger partial charge in [-0.05, 0) is 12.8 Å². The maximum Gasteiger partial charge on any atom is 0.0953 e. The lowest BCUT2D eigenvalue weighted by Gasteiger charge is -2.35. The van der Waals surface area contributed by atoms with E-state index in [1.807, 2.05) is 11.3 Å². The molecule has 0 aromatic carbocycles. The van der Waals surface area contributed by atoms with Crippen molar-refractivity contribution in [2.75, 3.05) is 6.54 Å². The molecule has 0 spiro atoms. The number of nitrogens with two attached hydrogens (primary N) is 1. The topological polar surface area (TPSA) is 38.9 Å². The summed E-state index contributed by atoms with van der Waals surface area (Å²) in [5.74, 6) is 0.539. The zero-order chi connectivity index (χ0) is 11.6. The average molecular weight is 238 g/mol. The third kappa shape index (κ3) is 2.16. The minimum Gasteiger partial charge on any atom is -0.330 e. The van der Waals surface area contributed by atoms with Crippen molar-refractivity contribution in [3.63, 3.8) is 0 Å². The van der Waals surface area contributed by atoms with E-state index in [1.54, 1.807) is 0 Å². The zero-order valence-corrected chi connectivity index (χ0v) is 11.1. The van der Waals surface area contributed by atoms with E-state index < -0.39 is 0 Å². The molecule has 16 heavy (non-hydrogen) atoms. The Labute approximate surface area is 102 Å². The Balaban J connectivity index is 2.25. The maximum absolute atomic E-state index is 6.03. The lowest BCUT2D eigenvalue weighted by Crippen LogP contribution is -2.36. The Hall–Kier alpha value is -0.410. The molecule has 90 valence electrons. The highest BCUT2D eigenvalue weighted by molar-refractivity contribution is 7.11. The van der Waals surface area contributed by atoms with Crippen molar-refractivity contribution in [2.45, 2.75) is 57.3 Å². The summed E-state index contributed by atoms with van der Waals surface area (Å²) in [6, 6.07) is 0. The molecule has 1 saturated carbocycles. The number of nitrogens with zero attached hydrogens (tertiary/aromatic N) is 1. The van der Waals surface area contributed by atoms with Crippen molar-refractivity contribution < 1.29 is 0 Å². The van der Waals surface area contributed by atoms with Crippen molar-refractivity contribution in [1.29, 1.82) is 0 Å². The van der Waals surface area contributed by atoms with Crippen LogP contribution >= 0.6 is 11.3 Å². The zero-order valence-electron chi connectivity index (χ0n) is 10.3. The smallest absolute Gasteiger partial charge is 0.0953 e. The quantitative estimate of drug-likeness (QED) is 0.876. The van der Waals surface area contributed by atoms with Crippen LogP contribution in [0.2, 0.25) is 0 Å². The molecule has 0 bridgehead atoms. The van der Waals surface area contributed by atoms with Gasteiger partial charge in [0.25, 0.3) is 0 Å². The molecule has 2 nitrogen and oxygen atoms in total. The van der Waals surface area contributed by atoms with E-state index in [4.69, 9.17) is 5.73 Å². The fourth-order valence-corrected chi connectivity index (χ4v) is 3.76. The van der Waals surface area contributed by atoms with Gasteiger partial charge in [-0.15, -0.1) is 11.3 Å². The number of thiazole rings is 1. The van der Waals surface area contributed by atoms with Crippen LogP contribution < -0.4 is 5.73 Å². The SMILES string of the molecule is CC(C)c1ncc(C2(CN)CCCCC2)s1. The summed E-state index contributed by atoms with van der Waals surface area (Å²) in [7, 11) is 0. The Bertz CT molecular complexity index is 337. The van der Waals surface area contributed by atoms with Gasteiger partial charge >= 0.3 is 0 Å². The van der Waals surface area contributed by atoms with E-state index in [0.717, 1.165) is 6.54 Å². The lowest BCUT2D eigenvalue weighted by atomic mass is 9.73. The molecule has 1 aromatic heterocycles. The molecular weight excluding hydrogens is 216 g/mol. The number of hydrogen-bond donors (Lipinski definition) is 1. The molecule has 1 fully saturated rings. The monoisotopic (exact) mass is 238 g/mol. The molecule has 0 unspecified atom stereocenters. The second-order valence-corrected chi connectivity index (χ2v) is 6.32. The van der Waals surface area contributed by atoms with Gasteiger partial charge in [0.15, 0.2) is 0 Å². The highest BCUT2D eigenvalue weighted by atomic mass is 32.1. The largest absolute Gasteiger partial charge is 0.330 e. The van der Waals surface area contributed by atoms with Crippen LogP contribution in [0.5, 0.6) is 0 Å². The van der Waals surface area contributed by atoms with Gasteiger partial charge in [0.2, 0.25) is 0 Å². The van der Waals surface area contributed by atoms with Crippen LogP contribution in [0, 0.1) is 0 Å². The Morgan fingerprint density at radius 3 is 2.56 bits per heavy atom. The molecule has 0 aliphatic heterocycles. The van der Waals surface area contributed by atoms with E-state index in [2.05, 4.69) is 25.0 Å². The summed E-state index contributed by atoms with van der Waals surface area (Å²) in [6.45, 7) is 5.20. The van der Waals surface area contributed by atoms with Crippen LogP contribution in [0.25, 0.3) is 0 Å². The van der Waals surface area contributed by atoms with E-state index in [1.165, 1.54) is 42.0 Å². The molecule has 3 heteroatoms. The van der Waals surface area contributed by atoms with E-state index in [9.17, 15) is 0 Å². The van der Waals surface area contributed by atoms with Crippen molar-refractivity contribution in [2.24, 2.45) is 5.73 Å². The first kappa shape index (κ1) is 12.1. The maximum atomic E-state index is 6.03. The molecule has 0 saturated heterocycles. The molecule has 1 aliphatic carbocycles. The highest BCUT2D eigenvalue weighted by Crippen LogP contribution is 2.41. The summed E-state index contributed by atoms with van der Waals surface area (Å²) >= 11 is 1.88. The third-order valence-corrected chi connectivity index (χ3v) is 5.29. The van der Waals surface area contributed by atoms with Crippen LogP contribution in [-0.4, -0.2) is 11.5 Å². The Morgan fingerprint density at radius 1 is 1.38 bits per heavy atom.